The highest BCUT2D eigenvalue weighted by molar-refractivity contribution is 6.30. The number of alkyl halides is 6. The fraction of sp³-hybridized carbons (Fsp3) is 0.167. The summed E-state index contributed by atoms with van der Waals surface area (Å²) in [5.74, 6) is 0. The third kappa shape index (κ3) is 3.26. The molecule has 23 heavy (non-hydrogen) atoms. The summed E-state index contributed by atoms with van der Waals surface area (Å²) in [6.45, 7) is 0. The maximum atomic E-state index is 13.1. The van der Waals surface area contributed by atoms with Crippen LogP contribution in [0.15, 0.2) is 24.3 Å². The summed E-state index contributed by atoms with van der Waals surface area (Å²) in [7, 11) is 0. The Morgan fingerprint density at radius 2 is 1.52 bits per heavy atom. The van der Waals surface area contributed by atoms with Gasteiger partial charge in [-0.25, -0.2) is 0 Å². The fourth-order valence-electron chi connectivity index (χ4n) is 1.99. The zero-order valence-electron chi connectivity index (χ0n) is 10.7. The Morgan fingerprint density at radius 3 is 1.91 bits per heavy atom. The molecule has 2 aromatic rings. The maximum absolute atomic E-state index is 13.1. The van der Waals surface area contributed by atoms with Gasteiger partial charge in [-0.2, -0.15) is 26.3 Å². The van der Waals surface area contributed by atoms with E-state index in [1.165, 1.54) is 4.98 Å². The lowest BCUT2D eigenvalue weighted by Gasteiger charge is -2.07. The van der Waals surface area contributed by atoms with Crippen molar-refractivity contribution >= 4 is 17.3 Å². The first-order valence-corrected chi connectivity index (χ1v) is 6.11. The van der Waals surface area contributed by atoms with Gasteiger partial charge in [-0.15, -0.1) is 0 Å². The molecule has 0 bridgehead atoms. The average Bonchev–Trinajstić information content (AvgIpc) is 2.79. The van der Waals surface area contributed by atoms with Gasteiger partial charge in [0.2, 0.25) is 0 Å². The average molecular weight is 359 g/mol. The van der Waals surface area contributed by atoms with E-state index in [2.05, 4.69) is 0 Å². The molecule has 11 heteroatoms. The van der Waals surface area contributed by atoms with Crippen LogP contribution in [0.1, 0.15) is 11.3 Å². The van der Waals surface area contributed by atoms with Crippen LogP contribution in [0.2, 0.25) is 5.02 Å². The predicted molar refractivity (Wildman–Crippen MR) is 67.9 cm³/mol. The number of aromatic amines is 1. The molecule has 0 atom stereocenters. The molecule has 0 aliphatic rings. The van der Waals surface area contributed by atoms with Gasteiger partial charge in [0.25, 0.3) is 0 Å². The Morgan fingerprint density at radius 1 is 1.00 bits per heavy atom. The van der Waals surface area contributed by atoms with Crippen molar-refractivity contribution in [3.05, 3.63) is 50.7 Å². The van der Waals surface area contributed by atoms with E-state index in [0.29, 0.717) is 0 Å². The number of nitrogens with one attached hydrogen (secondary N) is 1. The normalized spacial score (nSPS) is 12.5. The van der Waals surface area contributed by atoms with E-state index in [0.717, 1.165) is 24.3 Å². The summed E-state index contributed by atoms with van der Waals surface area (Å²) in [5, 5.41) is 10.9. The van der Waals surface area contributed by atoms with Crippen molar-refractivity contribution in [1.29, 1.82) is 0 Å². The van der Waals surface area contributed by atoms with E-state index < -0.39 is 39.9 Å². The number of hydrogen-bond donors (Lipinski definition) is 1. The molecule has 1 aromatic carbocycles. The number of aromatic nitrogens is 1. The first kappa shape index (κ1) is 17.1. The molecule has 124 valence electrons. The van der Waals surface area contributed by atoms with Crippen LogP contribution >= 0.6 is 11.6 Å². The van der Waals surface area contributed by atoms with Crippen molar-refractivity contribution in [3.8, 4) is 11.3 Å². The molecule has 0 unspecified atom stereocenters. The molecular weight excluding hydrogens is 354 g/mol. The van der Waals surface area contributed by atoms with E-state index in [1.54, 1.807) is 0 Å². The van der Waals surface area contributed by atoms with E-state index in [1.807, 2.05) is 0 Å². The quantitative estimate of drug-likeness (QED) is 0.451. The lowest BCUT2D eigenvalue weighted by molar-refractivity contribution is -0.391. The van der Waals surface area contributed by atoms with Gasteiger partial charge in [-0.05, 0) is 17.7 Å². The van der Waals surface area contributed by atoms with E-state index in [4.69, 9.17) is 11.6 Å². The first-order chi connectivity index (χ1) is 10.4. The molecule has 1 N–H and O–H groups in total. The number of benzene rings is 1. The van der Waals surface area contributed by atoms with Gasteiger partial charge < -0.3 is 4.98 Å². The molecule has 0 saturated heterocycles. The number of H-pyrrole nitrogens is 1. The minimum absolute atomic E-state index is 0.138. The molecule has 0 saturated carbocycles. The minimum atomic E-state index is -5.36. The second-order valence-corrected chi connectivity index (χ2v) is 4.79. The third-order valence-corrected chi connectivity index (χ3v) is 3.11. The summed E-state index contributed by atoms with van der Waals surface area (Å²) in [6, 6.07) is 4.34. The van der Waals surface area contributed by atoms with Gasteiger partial charge in [-0.1, -0.05) is 23.7 Å². The summed E-state index contributed by atoms with van der Waals surface area (Å²) in [4.78, 5) is 10.6. The molecule has 0 radical (unpaired) electrons. The van der Waals surface area contributed by atoms with Gasteiger partial charge in [0.05, 0.1) is 10.6 Å². The standard InChI is InChI=1S/C12H5ClF6N2O2/c13-6-3-1-5(2-4-6)8-7(11(14,15)16)9(21(22)23)10(20-8)12(17,18)19/h1-4,20H. The van der Waals surface area contributed by atoms with Crippen LogP contribution in [0.25, 0.3) is 11.3 Å². The highest BCUT2D eigenvalue weighted by Crippen LogP contribution is 2.48. The number of nitro groups is 1. The second-order valence-electron chi connectivity index (χ2n) is 4.36. The molecule has 0 spiro atoms. The van der Waals surface area contributed by atoms with E-state index >= 15 is 0 Å². The fourth-order valence-corrected chi connectivity index (χ4v) is 2.11. The minimum Gasteiger partial charge on any atom is -0.345 e. The first-order valence-electron chi connectivity index (χ1n) is 5.73. The lowest BCUT2D eigenvalue weighted by Crippen LogP contribution is -2.12. The summed E-state index contributed by atoms with van der Waals surface area (Å²) >= 11 is 5.57. The Bertz CT molecular complexity index is 749. The van der Waals surface area contributed by atoms with Crippen molar-refractivity contribution in [1.82, 2.24) is 4.98 Å². The Kier molecular flexibility index (Phi) is 4.05. The number of nitrogens with zero attached hydrogens (tertiary/aromatic N) is 1. The molecular formula is C12H5ClF6N2O2. The smallest absolute Gasteiger partial charge is 0.345 e. The largest absolute Gasteiger partial charge is 0.438 e. The van der Waals surface area contributed by atoms with Crippen LogP contribution in [0.4, 0.5) is 32.0 Å². The van der Waals surface area contributed by atoms with Crippen LogP contribution in [0.3, 0.4) is 0 Å². The molecule has 2 rings (SSSR count). The molecule has 1 aromatic heterocycles. The molecule has 0 aliphatic carbocycles. The Balaban J connectivity index is 2.86. The van der Waals surface area contributed by atoms with Crippen LogP contribution in [0.5, 0.6) is 0 Å². The maximum Gasteiger partial charge on any atom is 0.438 e. The monoisotopic (exact) mass is 358 g/mol. The predicted octanol–water partition coefficient (Wildman–Crippen LogP) is 5.28. The Hall–Kier alpha value is -2.23. The Labute approximate surface area is 128 Å². The van der Waals surface area contributed by atoms with Gasteiger partial charge in [-0.3, -0.25) is 10.1 Å². The topological polar surface area (TPSA) is 58.9 Å². The molecule has 0 fully saturated rings. The van der Waals surface area contributed by atoms with Crippen molar-refractivity contribution in [2.24, 2.45) is 0 Å². The zero-order valence-corrected chi connectivity index (χ0v) is 11.5. The summed E-state index contributed by atoms with van der Waals surface area (Å²) < 4.78 is 77.9. The lowest BCUT2D eigenvalue weighted by atomic mass is 10.1. The molecule has 4 nitrogen and oxygen atoms in total. The van der Waals surface area contributed by atoms with Gasteiger partial charge in [0.1, 0.15) is 0 Å². The summed E-state index contributed by atoms with van der Waals surface area (Å²) in [6.07, 6.45) is -10.7. The van der Waals surface area contributed by atoms with Crippen molar-refractivity contribution < 1.29 is 31.3 Å². The molecule has 0 amide bonds. The van der Waals surface area contributed by atoms with E-state index in [9.17, 15) is 36.5 Å². The van der Waals surface area contributed by atoms with Gasteiger partial charge >= 0.3 is 18.0 Å². The van der Waals surface area contributed by atoms with E-state index in [-0.39, 0.29) is 10.6 Å². The van der Waals surface area contributed by atoms with Crippen molar-refractivity contribution in [2.45, 2.75) is 12.4 Å². The zero-order chi connectivity index (χ0) is 17.6. The summed E-state index contributed by atoms with van der Waals surface area (Å²) in [5.41, 5.74) is -7.49. The van der Waals surface area contributed by atoms with Crippen LogP contribution in [-0.4, -0.2) is 9.91 Å². The van der Waals surface area contributed by atoms with Crippen molar-refractivity contribution in [2.75, 3.05) is 0 Å². The SMILES string of the molecule is O=[N+]([O-])c1c(C(F)(F)F)[nH]c(-c2ccc(Cl)cc2)c1C(F)(F)F. The molecule has 1 heterocycles. The third-order valence-electron chi connectivity index (χ3n) is 2.86. The second kappa shape index (κ2) is 5.44. The van der Waals surface area contributed by atoms with Crippen LogP contribution in [0, 0.1) is 10.1 Å². The van der Waals surface area contributed by atoms with Gasteiger partial charge in [0, 0.05) is 5.02 Å². The highest BCUT2D eigenvalue weighted by Gasteiger charge is 2.51. The molecule has 0 aliphatic heterocycles. The van der Waals surface area contributed by atoms with Gasteiger partial charge in [0.15, 0.2) is 11.3 Å². The van der Waals surface area contributed by atoms with Crippen LogP contribution < -0.4 is 0 Å². The van der Waals surface area contributed by atoms with Crippen molar-refractivity contribution in [3.63, 3.8) is 0 Å². The number of rotatable bonds is 2. The number of hydrogen-bond acceptors (Lipinski definition) is 2. The number of halogens is 7. The highest BCUT2D eigenvalue weighted by atomic mass is 35.5. The van der Waals surface area contributed by atoms with Crippen LogP contribution in [-0.2, 0) is 12.4 Å².